The smallest absolute Gasteiger partial charge is 0.0701 e. The molecule has 1 aromatic rings. The topological polar surface area (TPSA) is 3.24 Å². The minimum Gasteiger partial charge on any atom is -0.298 e. The summed E-state index contributed by atoms with van der Waals surface area (Å²) in [5.41, 5.74) is 0. The molecule has 1 aliphatic rings. The largest absolute Gasteiger partial charge is 0.298 e. The average molecular weight is 339 g/mol. The van der Waals surface area contributed by atoms with Gasteiger partial charge in [-0.05, 0) is 46.9 Å². The molecule has 0 N–H and O–H groups in total. The molecule has 78 valence electrons. The molecule has 14 heavy (non-hydrogen) atoms. The number of halogens is 2. The molecule has 2 rings (SSSR count). The summed E-state index contributed by atoms with van der Waals surface area (Å²) in [6, 6.07) is 4.36. The Morgan fingerprint density at radius 2 is 2.36 bits per heavy atom. The van der Waals surface area contributed by atoms with Gasteiger partial charge >= 0.3 is 0 Å². The van der Waals surface area contributed by atoms with Gasteiger partial charge in [-0.25, -0.2) is 0 Å². The summed E-state index contributed by atoms with van der Waals surface area (Å²) in [5, 5.41) is 1.15. The highest BCUT2D eigenvalue weighted by Crippen LogP contribution is 2.26. The summed E-state index contributed by atoms with van der Waals surface area (Å²) in [6.07, 6.45) is 1.35. The molecule has 1 nitrogen and oxygen atoms in total. The van der Waals surface area contributed by atoms with E-state index in [-0.39, 0.29) is 0 Å². The van der Waals surface area contributed by atoms with E-state index in [4.69, 9.17) is 0 Å². The van der Waals surface area contributed by atoms with Crippen LogP contribution in [0.25, 0.3) is 0 Å². The summed E-state index contributed by atoms with van der Waals surface area (Å²) >= 11 is 8.91. The van der Waals surface area contributed by atoms with E-state index in [1.54, 1.807) is 0 Å². The Labute approximate surface area is 106 Å². The molecule has 0 amide bonds. The van der Waals surface area contributed by atoms with Crippen LogP contribution in [0.3, 0.4) is 0 Å². The first-order valence-corrected chi connectivity index (χ1v) is 7.53. The number of hydrogen-bond donors (Lipinski definition) is 0. The number of likely N-dealkylation sites (tertiary alicyclic amines) is 1. The molecule has 1 saturated heterocycles. The zero-order chi connectivity index (χ0) is 9.97. The minimum absolute atomic E-state index is 0.860. The maximum Gasteiger partial charge on any atom is 0.0701 e. The minimum atomic E-state index is 0.860. The highest BCUT2D eigenvalue weighted by atomic mass is 79.9. The fourth-order valence-corrected chi connectivity index (χ4v) is 3.89. The average Bonchev–Trinajstić information content (AvgIpc) is 2.76. The molecular formula is C10H13Br2NS. The van der Waals surface area contributed by atoms with Crippen molar-refractivity contribution in [1.82, 2.24) is 4.90 Å². The van der Waals surface area contributed by atoms with Crippen LogP contribution in [0, 0.1) is 5.92 Å². The summed E-state index contributed by atoms with van der Waals surface area (Å²) in [7, 11) is 0. The van der Waals surface area contributed by atoms with Crippen molar-refractivity contribution in [3.05, 3.63) is 20.8 Å². The molecule has 2 heterocycles. The molecule has 1 fully saturated rings. The molecule has 0 bridgehead atoms. The molecule has 0 spiro atoms. The monoisotopic (exact) mass is 337 g/mol. The van der Waals surface area contributed by atoms with Crippen molar-refractivity contribution < 1.29 is 0 Å². The molecule has 1 atom stereocenters. The third kappa shape index (κ3) is 2.81. The van der Waals surface area contributed by atoms with E-state index >= 15 is 0 Å². The van der Waals surface area contributed by atoms with Crippen LogP contribution < -0.4 is 0 Å². The number of alkyl halides is 1. The van der Waals surface area contributed by atoms with Crippen molar-refractivity contribution in [3.8, 4) is 0 Å². The summed E-state index contributed by atoms with van der Waals surface area (Å²) in [6.45, 7) is 3.63. The molecule has 1 aromatic heterocycles. The third-order valence-electron chi connectivity index (χ3n) is 2.60. The summed E-state index contributed by atoms with van der Waals surface area (Å²) in [5.74, 6) is 0.860. The van der Waals surface area contributed by atoms with E-state index in [1.165, 1.54) is 28.2 Å². The third-order valence-corrected chi connectivity index (χ3v) is 5.12. The SMILES string of the molecule is BrCC1CCN(Cc2ccc(Br)s2)C1. The fourth-order valence-electron chi connectivity index (χ4n) is 1.84. The Morgan fingerprint density at radius 1 is 1.50 bits per heavy atom. The van der Waals surface area contributed by atoms with Gasteiger partial charge in [0.25, 0.3) is 0 Å². The molecular weight excluding hydrogens is 326 g/mol. The van der Waals surface area contributed by atoms with Crippen LogP contribution in [0.4, 0.5) is 0 Å². The van der Waals surface area contributed by atoms with Crippen molar-refractivity contribution in [2.24, 2.45) is 5.92 Å². The van der Waals surface area contributed by atoms with Crippen molar-refractivity contribution in [2.75, 3.05) is 18.4 Å². The number of thiophene rings is 1. The Bertz CT molecular complexity index is 300. The Balaban J connectivity index is 1.87. The second-order valence-corrected chi connectivity index (χ2v) is 6.94. The molecule has 4 heteroatoms. The summed E-state index contributed by atoms with van der Waals surface area (Å²) in [4.78, 5) is 4.01. The van der Waals surface area contributed by atoms with Gasteiger partial charge in [0.05, 0.1) is 3.79 Å². The quantitative estimate of drug-likeness (QED) is 0.759. The maximum atomic E-state index is 3.56. The first kappa shape index (κ1) is 11.1. The van der Waals surface area contributed by atoms with Crippen LogP contribution in [0.1, 0.15) is 11.3 Å². The Hall–Kier alpha value is 0.620. The first-order valence-electron chi connectivity index (χ1n) is 4.80. The van der Waals surface area contributed by atoms with E-state index in [9.17, 15) is 0 Å². The lowest BCUT2D eigenvalue weighted by Gasteiger charge is -2.13. The van der Waals surface area contributed by atoms with E-state index < -0.39 is 0 Å². The lowest BCUT2D eigenvalue weighted by atomic mass is 10.2. The highest BCUT2D eigenvalue weighted by Gasteiger charge is 2.21. The number of hydrogen-bond acceptors (Lipinski definition) is 2. The predicted molar refractivity (Wildman–Crippen MR) is 69.2 cm³/mol. The lowest BCUT2D eigenvalue weighted by molar-refractivity contribution is 0.324. The summed E-state index contributed by atoms with van der Waals surface area (Å²) < 4.78 is 1.24. The zero-order valence-electron chi connectivity index (χ0n) is 7.88. The first-order chi connectivity index (χ1) is 6.78. The van der Waals surface area contributed by atoms with Gasteiger partial charge in [0.2, 0.25) is 0 Å². The standard InChI is InChI=1S/C10H13Br2NS/c11-5-8-3-4-13(6-8)7-9-1-2-10(12)14-9/h1-2,8H,3-7H2. The van der Waals surface area contributed by atoms with Gasteiger partial charge in [-0.1, -0.05) is 15.9 Å². The molecule has 1 aliphatic heterocycles. The van der Waals surface area contributed by atoms with E-state index in [2.05, 4.69) is 48.9 Å². The predicted octanol–water partition coefficient (Wildman–Crippen LogP) is 3.73. The molecule has 0 radical (unpaired) electrons. The van der Waals surface area contributed by atoms with Crippen LogP contribution >= 0.6 is 43.2 Å². The van der Waals surface area contributed by atoms with Crippen LogP contribution in [0.15, 0.2) is 15.9 Å². The number of rotatable bonds is 3. The Morgan fingerprint density at radius 3 is 2.93 bits per heavy atom. The van der Waals surface area contributed by atoms with Crippen molar-refractivity contribution >= 4 is 43.2 Å². The van der Waals surface area contributed by atoms with Crippen molar-refractivity contribution in [2.45, 2.75) is 13.0 Å². The lowest BCUT2D eigenvalue weighted by Crippen LogP contribution is -2.19. The normalized spacial score (nSPS) is 23.1. The van der Waals surface area contributed by atoms with Gasteiger partial charge in [0.1, 0.15) is 0 Å². The van der Waals surface area contributed by atoms with Crippen LogP contribution in [0.5, 0.6) is 0 Å². The fraction of sp³-hybridized carbons (Fsp3) is 0.600. The second-order valence-electron chi connectivity index (χ2n) is 3.75. The molecule has 0 aromatic carbocycles. The van der Waals surface area contributed by atoms with Crippen LogP contribution in [-0.2, 0) is 6.54 Å². The second kappa shape index (κ2) is 5.10. The van der Waals surface area contributed by atoms with Gasteiger partial charge in [-0.2, -0.15) is 0 Å². The zero-order valence-corrected chi connectivity index (χ0v) is 11.9. The molecule has 0 aliphatic carbocycles. The molecule has 0 saturated carbocycles. The van der Waals surface area contributed by atoms with Gasteiger partial charge < -0.3 is 0 Å². The van der Waals surface area contributed by atoms with E-state index in [0.29, 0.717) is 0 Å². The van der Waals surface area contributed by atoms with Gasteiger partial charge in [0.15, 0.2) is 0 Å². The highest BCUT2D eigenvalue weighted by molar-refractivity contribution is 9.11. The van der Waals surface area contributed by atoms with Crippen LogP contribution in [-0.4, -0.2) is 23.3 Å². The van der Waals surface area contributed by atoms with Crippen molar-refractivity contribution in [3.63, 3.8) is 0 Å². The number of nitrogens with zero attached hydrogens (tertiary/aromatic N) is 1. The van der Waals surface area contributed by atoms with Gasteiger partial charge in [0, 0.05) is 23.3 Å². The van der Waals surface area contributed by atoms with Crippen LogP contribution in [0.2, 0.25) is 0 Å². The van der Waals surface area contributed by atoms with E-state index in [1.807, 2.05) is 11.3 Å². The van der Waals surface area contributed by atoms with Crippen molar-refractivity contribution in [1.29, 1.82) is 0 Å². The van der Waals surface area contributed by atoms with E-state index in [0.717, 1.165) is 17.8 Å². The Kier molecular flexibility index (Phi) is 4.05. The maximum absolute atomic E-state index is 3.56. The molecule has 1 unspecified atom stereocenters. The van der Waals surface area contributed by atoms with Gasteiger partial charge in [-0.15, -0.1) is 11.3 Å². The van der Waals surface area contributed by atoms with Gasteiger partial charge in [-0.3, -0.25) is 4.90 Å².